The third kappa shape index (κ3) is 6.87. The van der Waals surface area contributed by atoms with Gasteiger partial charge in [-0.1, -0.05) is 20.8 Å². The fourth-order valence-corrected chi connectivity index (χ4v) is 2.88. The quantitative estimate of drug-likeness (QED) is 0.775. The lowest BCUT2D eigenvalue weighted by Crippen LogP contribution is -2.36. The molecule has 0 heterocycles. The van der Waals surface area contributed by atoms with Gasteiger partial charge in [-0.3, -0.25) is 0 Å². The molecule has 0 aliphatic rings. The first-order chi connectivity index (χ1) is 6.54. The molecule has 0 aliphatic carbocycles. The monoisotopic (exact) mass is 236 g/mol. The van der Waals surface area contributed by atoms with Crippen molar-refractivity contribution in [3.63, 3.8) is 0 Å². The number of sulfonamides is 1. The van der Waals surface area contributed by atoms with Gasteiger partial charge in [0.2, 0.25) is 10.0 Å². The lowest BCUT2D eigenvalue weighted by molar-refractivity contribution is 0.412. The molecule has 2 N–H and O–H groups in total. The van der Waals surface area contributed by atoms with E-state index < -0.39 is 10.0 Å². The van der Waals surface area contributed by atoms with Gasteiger partial charge >= 0.3 is 0 Å². The predicted molar refractivity (Wildman–Crippen MR) is 64.1 cm³/mol. The second-order valence-electron chi connectivity index (χ2n) is 5.40. The summed E-state index contributed by atoms with van der Waals surface area (Å²) in [6.45, 7) is 8.14. The highest BCUT2D eigenvalue weighted by molar-refractivity contribution is 7.89. The standard InChI is InChI=1S/C10H24N2O2S/c1-9(11)6-7-12(5)15(13,14)8-10(2,3)4/h9H,6-8,11H2,1-5H3. The third-order valence-corrected chi connectivity index (χ3v) is 4.35. The molecule has 0 aromatic rings. The van der Waals surface area contributed by atoms with E-state index in [0.29, 0.717) is 13.0 Å². The molecule has 0 amide bonds. The first kappa shape index (κ1) is 14.9. The number of nitrogens with two attached hydrogens (primary N) is 1. The molecule has 0 saturated carbocycles. The maximum Gasteiger partial charge on any atom is 0.214 e. The van der Waals surface area contributed by atoms with Crippen molar-refractivity contribution < 1.29 is 8.42 Å². The van der Waals surface area contributed by atoms with Crippen molar-refractivity contribution in [2.45, 2.75) is 40.2 Å². The fourth-order valence-electron chi connectivity index (χ4n) is 1.18. The van der Waals surface area contributed by atoms with Gasteiger partial charge in [0.15, 0.2) is 0 Å². The van der Waals surface area contributed by atoms with Crippen LogP contribution in [-0.2, 0) is 10.0 Å². The molecule has 92 valence electrons. The van der Waals surface area contributed by atoms with Crippen molar-refractivity contribution in [1.82, 2.24) is 4.31 Å². The fraction of sp³-hybridized carbons (Fsp3) is 1.00. The van der Waals surface area contributed by atoms with Gasteiger partial charge in [0.1, 0.15) is 0 Å². The summed E-state index contributed by atoms with van der Waals surface area (Å²) in [4.78, 5) is 0. The molecule has 0 fully saturated rings. The zero-order chi connectivity index (χ0) is 12.3. The van der Waals surface area contributed by atoms with Crippen LogP contribution in [0.2, 0.25) is 0 Å². The molecule has 15 heavy (non-hydrogen) atoms. The maximum atomic E-state index is 11.8. The summed E-state index contributed by atoms with van der Waals surface area (Å²) in [6.07, 6.45) is 0.694. The van der Waals surface area contributed by atoms with Crippen LogP contribution in [0.3, 0.4) is 0 Å². The summed E-state index contributed by atoms with van der Waals surface area (Å²) in [6, 6.07) is 0.0392. The van der Waals surface area contributed by atoms with Crippen LogP contribution in [-0.4, -0.2) is 38.1 Å². The van der Waals surface area contributed by atoms with Crippen LogP contribution < -0.4 is 5.73 Å². The number of rotatable bonds is 5. The van der Waals surface area contributed by atoms with Crippen molar-refractivity contribution >= 4 is 10.0 Å². The van der Waals surface area contributed by atoms with E-state index in [1.165, 1.54) is 4.31 Å². The highest BCUT2D eigenvalue weighted by Crippen LogP contribution is 2.18. The topological polar surface area (TPSA) is 63.4 Å². The molecule has 5 heteroatoms. The molecule has 0 saturated heterocycles. The minimum Gasteiger partial charge on any atom is -0.328 e. The minimum absolute atomic E-state index is 0.0392. The van der Waals surface area contributed by atoms with Crippen molar-refractivity contribution in [3.8, 4) is 0 Å². The molecule has 1 unspecified atom stereocenters. The molecule has 0 rings (SSSR count). The van der Waals surface area contributed by atoms with Crippen molar-refractivity contribution in [1.29, 1.82) is 0 Å². The summed E-state index contributed by atoms with van der Waals surface area (Å²) in [5, 5.41) is 0. The van der Waals surface area contributed by atoms with Crippen LogP contribution in [0.15, 0.2) is 0 Å². The Morgan fingerprint density at radius 2 is 1.80 bits per heavy atom. The largest absolute Gasteiger partial charge is 0.328 e. The maximum absolute atomic E-state index is 11.8. The molecular formula is C10H24N2O2S. The van der Waals surface area contributed by atoms with E-state index in [-0.39, 0.29) is 17.2 Å². The third-order valence-electron chi connectivity index (χ3n) is 1.99. The lowest BCUT2D eigenvalue weighted by Gasteiger charge is -2.24. The van der Waals surface area contributed by atoms with Crippen LogP contribution in [0.5, 0.6) is 0 Å². The van der Waals surface area contributed by atoms with Crippen LogP contribution in [0, 0.1) is 5.41 Å². The average molecular weight is 236 g/mol. The van der Waals surface area contributed by atoms with E-state index in [0.717, 1.165) is 0 Å². The average Bonchev–Trinajstić information content (AvgIpc) is 1.94. The van der Waals surface area contributed by atoms with Crippen molar-refractivity contribution in [2.75, 3.05) is 19.3 Å². The Kier molecular flexibility index (Phi) is 5.23. The van der Waals surface area contributed by atoms with Gasteiger partial charge < -0.3 is 5.73 Å². The second kappa shape index (κ2) is 5.27. The van der Waals surface area contributed by atoms with E-state index in [4.69, 9.17) is 5.73 Å². The summed E-state index contributed by atoms with van der Waals surface area (Å²) in [5.41, 5.74) is 5.38. The predicted octanol–water partition coefficient (Wildman–Crippen LogP) is 1.03. The summed E-state index contributed by atoms with van der Waals surface area (Å²) >= 11 is 0. The molecule has 0 aliphatic heterocycles. The number of hydrogen-bond donors (Lipinski definition) is 1. The first-order valence-corrected chi connectivity index (χ1v) is 6.85. The van der Waals surface area contributed by atoms with Gasteiger partial charge in [0.05, 0.1) is 5.75 Å². The Morgan fingerprint density at radius 1 is 1.33 bits per heavy atom. The first-order valence-electron chi connectivity index (χ1n) is 5.24. The summed E-state index contributed by atoms with van der Waals surface area (Å²) in [7, 11) is -1.52. The number of nitrogens with zero attached hydrogens (tertiary/aromatic N) is 1. The van der Waals surface area contributed by atoms with Crippen LogP contribution in [0.25, 0.3) is 0 Å². The summed E-state index contributed by atoms with van der Waals surface area (Å²) < 4.78 is 25.1. The van der Waals surface area contributed by atoms with Gasteiger partial charge in [0, 0.05) is 19.6 Å². The van der Waals surface area contributed by atoms with Crippen molar-refractivity contribution in [3.05, 3.63) is 0 Å². The Labute approximate surface area is 93.9 Å². The highest BCUT2D eigenvalue weighted by atomic mass is 32.2. The molecular weight excluding hydrogens is 212 g/mol. The van der Waals surface area contributed by atoms with E-state index in [1.807, 2.05) is 27.7 Å². The minimum atomic E-state index is -3.14. The molecule has 0 aromatic carbocycles. The number of hydrogen-bond acceptors (Lipinski definition) is 3. The van der Waals surface area contributed by atoms with E-state index in [1.54, 1.807) is 7.05 Å². The van der Waals surface area contributed by atoms with Crippen LogP contribution in [0.4, 0.5) is 0 Å². The van der Waals surface area contributed by atoms with Crippen molar-refractivity contribution in [2.24, 2.45) is 11.1 Å². The van der Waals surface area contributed by atoms with Gasteiger partial charge in [-0.05, 0) is 18.8 Å². The van der Waals surface area contributed by atoms with Crippen LogP contribution >= 0.6 is 0 Å². The molecule has 1 atom stereocenters. The Balaban J connectivity index is 4.34. The zero-order valence-electron chi connectivity index (χ0n) is 10.4. The highest BCUT2D eigenvalue weighted by Gasteiger charge is 2.25. The van der Waals surface area contributed by atoms with E-state index in [2.05, 4.69) is 0 Å². The second-order valence-corrected chi connectivity index (χ2v) is 7.48. The van der Waals surface area contributed by atoms with Crippen LogP contribution in [0.1, 0.15) is 34.1 Å². The van der Waals surface area contributed by atoms with E-state index >= 15 is 0 Å². The Morgan fingerprint density at radius 3 is 2.13 bits per heavy atom. The molecule has 4 nitrogen and oxygen atoms in total. The lowest BCUT2D eigenvalue weighted by atomic mass is 10.0. The normalized spacial score (nSPS) is 15.7. The zero-order valence-corrected chi connectivity index (χ0v) is 11.3. The Hall–Kier alpha value is -0.130. The van der Waals surface area contributed by atoms with Gasteiger partial charge in [-0.15, -0.1) is 0 Å². The molecule has 0 spiro atoms. The van der Waals surface area contributed by atoms with Gasteiger partial charge in [-0.2, -0.15) is 0 Å². The molecule has 0 radical (unpaired) electrons. The molecule has 0 bridgehead atoms. The van der Waals surface area contributed by atoms with Gasteiger partial charge in [-0.25, -0.2) is 12.7 Å². The Bertz CT molecular complexity index is 278. The SMILES string of the molecule is CC(N)CCN(C)S(=O)(=O)CC(C)(C)C. The smallest absolute Gasteiger partial charge is 0.214 e. The summed E-state index contributed by atoms with van der Waals surface area (Å²) in [5.74, 6) is 0.176. The molecule has 0 aromatic heterocycles. The van der Waals surface area contributed by atoms with E-state index in [9.17, 15) is 8.42 Å². The van der Waals surface area contributed by atoms with Gasteiger partial charge in [0.25, 0.3) is 0 Å².